The third-order valence-corrected chi connectivity index (χ3v) is 5.87. The maximum Gasteiger partial charge on any atom is 0.408 e. The summed E-state index contributed by atoms with van der Waals surface area (Å²) in [6, 6.07) is 20.5. The molecule has 0 aromatic heterocycles. The van der Waals surface area contributed by atoms with E-state index in [1.807, 2.05) is 74.5 Å². The number of carbonyl (C=O) groups excluding carboxylic acids is 2. The van der Waals surface area contributed by atoms with Gasteiger partial charge in [0.25, 0.3) is 0 Å². The zero-order valence-corrected chi connectivity index (χ0v) is 19.3. The maximum absolute atomic E-state index is 13.4. The van der Waals surface area contributed by atoms with E-state index in [1.54, 1.807) is 4.90 Å². The summed E-state index contributed by atoms with van der Waals surface area (Å²) in [6.07, 6.45) is -0.233. The lowest BCUT2D eigenvalue weighted by atomic mass is 10.0. The number of nitrogens with one attached hydrogen (secondary N) is 1. The van der Waals surface area contributed by atoms with Gasteiger partial charge in [0.05, 0.1) is 6.07 Å². The second kappa shape index (κ2) is 12.0. The van der Waals surface area contributed by atoms with E-state index in [1.165, 1.54) is 0 Å². The zero-order chi connectivity index (χ0) is 23.6. The van der Waals surface area contributed by atoms with Crippen molar-refractivity contribution in [1.29, 1.82) is 5.26 Å². The first-order valence-electron chi connectivity index (χ1n) is 11.4. The SMILES string of the molecule is CC(C)C(C#N)N1CCN(C(=O)[C@H](Cc2ccccc2)NC(=O)OCc2ccccc2)CC1. The van der Waals surface area contributed by atoms with Crippen LogP contribution in [0.4, 0.5) is 4.79 Å². The molecule has 33 heavy (non-hydrogen) atoms. The number of nitriles is 1. The van der Waals surface area contributed by atoms with Crippen LogP contribution in [0.25, 0.3) is 0 Å². The van der Waals surface area contributed by atoms with Gasteiger partial charge in [-0.05, 0) is 17.0 Å². The smallest absolute Gasteiger partial charge is 0.408 e. The fourth-order valence-corrected chi connectivity index (χ4v) is 4.05. The molecule has 2 atom stereocenters. The molecule has 3 rings (SSSR count). The van der Waals surface area contributed by atoms with Crippen LogP contribution in [0, 0.1) is 17.2 Å². The Morgan fingerprint density at radius 1 is 0.970 bits per heavy atom. The Labute approximate surface area is 195 Å². The van der Waals surface area contributed by atoms with Crippen molar-refractivity contribution in [3.8, 4) is 6.07 Å². The van der Waals surface area contributed by atoms with Crippen molar-refractivity contribution < 1.29 is 14.3 Å². The second-order valence-electron chi connectivity index (χ2n) is 8.63. The van der Waals surface area contributed by atoms with E-state index in [0.717, 1.165) is 11.1 Å². The number of piperazine rings is 1. The third kappa shape index (κ3) is 7.06. The van der Waals surface area contributed by atoms with Gasteiger partial charge in [-0.3, -0.25) is 9.69 Å². The molecule has 2 aromatic rings. The highest BCUT2D eigenvalue weighted by Gasteiger charge is 2.32. The predicted octanol–water partition coefficient (Wildman–Crippen LogP) is 3.22. The lowest BCUT2D eigenvalue weighted by Gasteiger charge is -2.39. The minimum absolute atomic E-state index is 0.131. The molecule has 1 N–H and O–H groups in total. The number of alkyl carbamates (subject to hydrolysis) is 1. The molecule has 0 bridgehead atoms. The molecule has 1 heterocycles. The van der Waals surface area contributed by atoms with Gasteiger partial charge in [-0.2, -0.15) is 5.26 Å². The van der Waals surface area contributed by atoms with Gasteiger partial charge < -0.3 is 15.0 Å². The van der Waals surface area contributed by atoms with Gasteiger partial charge in [0.1, 0.15) is 18.7 Å². The molecule has 2 aromatic carbocycles. The molecule has 7 heteroatoms. The standard InChI is InChI=1S/C26H32N4O3/c1-20(2)24(18-27)29-13-15-30(16-14-29)25(31)23(17-21-9-5-3-6-10-21)28-26(32)33-19-22-11-7-4-8-12-22/h3-12,20,23-24H,13-17,19H2,1-2H3,(H,28,32)/t23-,24?/m0/s1. The Morgan fingerprint density at radius 3 is 2.09 bits per heavy atom. The number of hydrogen-bond donors (Lipinski definition) is 1. The van der Waals surface area contributed by atoms with Gasteiger partial charge in [0.2, 0.25) is 5.91 Å². The third-order valence-electron chi connectivity index (χ3n) is 5.87. The molecule has 0 aliphatic carbocycles. The van der Waals surface area contributed by atoms with Crippen LogP contribution in [0.1, 0.15) is 25.0 Å². The van der Waals surface area contributed by atoms with Crippen molar-refractivity contribution in [3.63, 3.8) is 0 Å². The first-order chi connectivity index (χ1) is 16.0. The summed E-state index contributed by atoms with van der Waals surface area (Å²) in [5.74, 6) is 0.0948. The van der Waals surface area contributed by atoms with Crippen LogP contribution in [-0.2, 0) is 22.6 Å². The van der Waals surface area contributed by atoms with Crippen LogP contribution in [0.2, 0.25) is 0 Å². The predicted molar refractivity (Wildman–Crippen MR) is 126 cm³/mol. The van der Waals surface area contributed by atoms with E-state index in [0.29, 0.717) is 32.6 Å². The number of amides is 2. The molecule has 0 radical (unpaired) electrons. The van der Waals surface area contributed by atoms with E-state index in [2.05, 4.69) is 16.3 Å². The molecule has 7 nitrogen and oxygen atoms in total. The molecule has 2 amide bonds. The Balaban J connectivity index is 1.63. The van der Waals surface area contributed by atoms with E-state index in [9.17, 15) is 14.9 Å². The minimum Gasteiger partial charge on any atom is -0.445 e. The summed E-state index contributed by atoms with van der Waals surface area (Å²) < 4.78 is 5.36. The largest absolute Gasteiger partial charge is 0.445 e. The Hall–Kier alpha value is -3.37. The van der Waals surface area contributed by atoms with Gasteiger partial charge >= 0.3 is 6.09 Å². The van der Waals surface area contributed by atoms with Gasteiger partial charge in [-0.25, -0.2) is 4.79 Å². The van der Waals surface area contributed by atoms with E-state index < -0.39 is 12.1 Å². The Bertz CT molecular complexity index is 935. The summed E-state index contributed by atoms with van der Waals surface area (Å²) in [5.41, 5.74) is 1.84. The van der Waals surface area contributed by atoms with E-state index in [4.69, 9.17) is 4.74 Å². The van der Waals surface area contributed by atoms with Crippen LogP contribution in [0.5, 0.6) is 0 Å². The van der Waals surface area contributed by atoms with Crippen LogP contribution in [-0.4, -0.2) is 60.1 Å². The molecule has 1 aliphatic rings. The molecular weight excluding hydrogens is 416 g/mol. The Kier molecular flexibility index (Phi) is 8.85. The first kappa shape index (κ1) is 24.3. The van der Waals surface area contributed by atoms with Crippen molar-refractivity contribution in [2.75, 3.05) is 26.2 Å². The van der Waals surface area contributed by atoms with Gasteiger partial charge in [-0.15, -0.1) is 0 Å². The monoisotopic (exact) mass is 448 g/mol. The zero-order valence-electron chi connectivity index (χ0n) is 19.3. The summed E-state index contributed by atoms with van der Waals surface area (Å²) in [7, 11) is 0. The second-order valence-corrected chi connectivity index (χ2v) is 8.63. The lowest BCUT2D eigenvalue weighted by molar-refractivity contribution is -0.135. The number of nitrogens with zero attached hydrogens (tertiary/aromatic N) is 3. The number of benzene rings is 2. The minimum atomic E-state index is -0.723. The molecule has 0 spiro atoms. The van der Waals surface area contributed by atoms with Crippen molar-refractivity contribution in [2.45, 2.75) is 39.0 Å². The fraction of sp³-hybridized carbons (Fsp3) is 0.423. The molecule has 1 fully saturated rings. The summed E-state index contributed by atoms with van der Waals surface area (Å²) in [5, 5.41) is 12.3. The number of ether oxygens (including phenoxy) is 1. The quantitative estimate of drug-likeness (QED) is 0.670. The lowest BCUT2D eigenvalue weighted by Crippen LogP contribution is -2.57. The summed E-state index contributed by atoms with van der Waals surface area (Å²) in [4.78, 5) is 29.8. The molecular formula is C26H32N4O3. The maximum atomic E-state index is 13.4. The van der Waals surface area contributed by atoms with Crippen LogP contribution >= 0.6 is 0 Å². The van der Waals surface area contributed by atoms with E-state index >= 15 is 0 Å². The van der Waals surface area contributed by atoms with Crippen LogP contribution in [0.3, 0.4) is 0 Å². The van der Waals surface area contributed by atoms with Crippen molar-refractivity contribution >= 4 is 12.0 Å². The van der Waals surface area contributed by atoms with E-state index in [-0.39, 0.29) is 24.5 Å². The fourth-order valence-electron chi connectivity index (χ4n) is 4.05. The average molecular weight is 449 g/mol. The highest BCUT2D eigenvalue weighted by atomic mass is 16.5. The summed E-state index contributed by atoms with van der Waals surface area (Å²) >= 11 is 0. The van der Waals surface area contributed by atoms with Crippen LogP contribution in [0.15, 0.2) is 60.7 Å². The highest BCUT2D eigenvalue weighted by Crippen LogP contribution is 2.15. The topological polar surface area (TPSA) is 85.7 Å². The normalized spacial score (nSPS) is 16.0. The van der Waals surface area contributed by atoms with Crippen LogP contribution < -0.4 is 5.32 Å². The van der Waals surface area contributed by atoms with Crippen molar-refractivity contribution in [3.05, 3.63) is 71.8 Å². The molecule has 174 valence electrons. The van der Waals surface area contributed by atoms with Crippen molar-refractivity contribution in [1.82, 2.24) is 15.1 Å². The molecule has 0 saturated carbocycles. The molecule has 1 saturated heterocycles. The number of carbonyl (C=O) groups is 2. The van der Waals surface area contributed by atoms with Gasteiger partial charge in [0, 0.05) is 32.6 Å². The summed E-state index contributed by atoms with van der Waals surface area (Å²) in [6.45, 7) is 6.53. The Morgan fingerprint density at radius 2 is 1.55 bits per heavy atom. The van der Waals surface area contributed by atoms with Crippen molar-refractivity contribution in [2.24, 2.45) is 5.92 Å². The molecule has 1 unspecified atom stereocenters. The number of rotatable bonds is 8. The number of hydrogen-bond acceptors (Lipinski definition) is 5. The first-order valence-corrected chi connectivity index (χ1v) is 11.4. The molecule has 1 aliphatic heterocycles. The van der Waals surface area contributed by atoms with Gasteiger partial charge in [0.15, 0.2) is 0 Å². The van der Waals surface area contributed by atoms with Gasteiger partial charge in [-0.1, -0.05) is 74.5 Å². The highest BCUT2D eigenvalue weighted by molar-refractivity contribution is 5.86. The average Bonchev–Trinajstić information content (AvgIpc) is 2.84.